The molecule has 2 amide bonds. The first-order valence-electron chi connectivity index (χ1n) is 10.8. The molecule has 1 unspecified atom stereocenters. The highest BCUT2D eigenvalue weighted by molar-refractivity contribution is 6.04. The van der Waals surface area contributed by atoms with Crippen LogP contribution in [0.3, 0.4) is 0 Å². The van der Waals surface area contributed by atoms with Gasteiger partial charge in [-0.2, -0.15) is 0 Å². The zero-order chi connectivity index (χ0) is 22.5. The Morgan fingerprint density at radius 1 is 1.06 bits per heavy atom. The SMILES string of the molecule is CN1CCN(C(=O)CN(Cc2ccccc2)C(=O)C2CC(c3ccccc3F)=NO2)CC1. The molecule has 1 fully saturated rings. The molecule has 0 radical (unpaired) electrons. The van der Waals surface area contributed by atoms with Crippen LogP contribution < -0.4 is 0 Å². The van der Waals surface area contributed by atoms with Crippen LogP contribution in [-0.2, 0) is 21.0 Å². The van der Waals surface area contributed by atoms with Crippen molar-refractivity contribution in [3.05, 3.63) is 71.5 Å². The minimum Gasteiger partial charge on any atom is -0.382 e. The second-order valence-corrected chi connectivity index (χ2v) is 8.18. The zero-order valence-corrected chi connectivity index (χ0v) is 18.1. The number of rotatable bonds is 6. The molecule has 168 valence electrons. The van der Waals surface area contributed by atoms with Gasteiger partial charge in [-0.15, -0.1) is 0 Å². The minimum absolute atomic E-state index is 0.0354. The van der Waals surface area contributed by atoms with Gasteiger partial charge in [-0.3, -0.25) is 9.59 Å². The van der Waals surface area contributed by atoms with Crippen LogP contribution in [0.2, 0.25) is 0 Å². The fourth-order valence-electron chi connectivity index (χ4n) is 3.90. The molecule has 1 atom stereocenters. The Kier molecular flexibility index (Phi) is 6.80. The van der Waals surface area contributed by atoms with Crippen LogP contribution in [0.4, 0.5) is 4.39 Å². The number of hydrogen-bond acceptors (Lipinski definition) is 5. The van der Waals surface area contributed by atoms with E-state index in [1.807, 2.05) is 37.4 Å². The van der Waals surface area contributed by atoms with Crippen LogP contribution in [0.15, 0.2) is 59.8 Å². The van der Waals surface area contributed by atoms with E-state index in [0.29, 0.717) is 24.4 Å². The molecule has 0 bridgehead atoms. The second kappa shape index (κ2) is 9.91. The molecule has 2 aromatic carbocycles. The van der Waals surface area contributed by atoms with E-state index in [9.17, 15) is 14.0 Å². The summed E-state index contributed by atoms with van der Waals surface area (Å²) >= 11 is 0. The van der Waals surface area contributed by atoms with Crippen LogP contribution in [0, 0.1) is 5.82 Å². The maximum Gasteiger partial charge on any atom is 0.267 e. The highest BCUT2D eigenvalue weighted by Crippen LogP contribution is 2.21. The predicted octanol–water partition coefficient (Wildman–Crippen LogP) is 2.12. The lowest BCUT2D eigenvalue weighted by Crippen LogP contribution is -2.51. The number of amides is 2. The number of benzene rings is 2. The first kappa shape index (κ1) is 22.0. The Balaban J connectivity index is 1.46. The number of likely N-dealkylation sites (N-methyl/N-ethyl adjacent to an activating group) is 1. The quantitative estimate of drug-likeness (QED) is 0.693. The third kappa shape index (κ3) is 5.13. The van der Waals surface area contributed by atoms with Gasteiger partial charge in [0.1, 0.15) is 12.4 Å². The molecule has 0 spiro atoms. The highest BCUT2D eigenvalue weighted by atomic mass is 19.1. The number of piperazine rings is 1. The molecular formula is C24H27FN4O3. The van der Waals surface area contributed by atoms with Crippen molar-refractivity contribution in [1.82, 2.24) is 14.7 Å². The number of nitrogens with zero attached hydrogens (tertiary/aromatic N) is 4. The Bertz CT molecular complexity index is 990. The predicted molar refractivity (Wildman–Crippen MR) is 118 cm³/mol. The van der Waals surface area contributed by atoms with Gasteiger partial charge >= 0.3 is 0 Å². The lowest BCUT2D eigenvalue weighted by Gasteiger charge is -2.34. The molecule has 0 aliphatic carbocycles. The molecule has 0 N–H and O–H groups in total. The maximum absolute atomic E-state index is 14.1. The molecule has 8 heteroatoms. The monoisotopic (exact) mass is 438 g/mol. The molecule has 2 aromatic rings. The molecule has 2 aliphatic heterocycles. The van der Waals surface area contributed by atoms with Gasteiger partial charge in [0, 0.05) is 44.7 Å². The average Bonchev–Trinajstić information content (AvgIpc) is 3.29. The van der Waals surface area contributed by atoms with Crippen LogP contribution in [0.1, 0.15) is 17.5 Å². The molecule has 32 heavy (non-hydrogen) atoms. The standard InChI is InChI=1S/C24H27FN4O3/c1-27-11-13-28(14-12-27)23(30)17-29(16-18-7-3-2-4-8-18)24(31)22-15-21(26-32-22)19-9-5-6-10-20(19)25/h2-10,22H,11-17H2,1H3. The summed E-state index contributed by atoms with van der Waals surface area (Å²) in [6.45, 7) is 3.15. The van der Waals surface area contributed by atoms with Crippen molar-refractivity contribution in [2.45, 2.75) is 19.1 Å². The van der Waals surface area contributed by atoms with E-state index in [4.69, 9.17) is 4.84 Å². The van der Waals surface area contributed by atoms with E-state index in [-0.39, 0.29) is 31.3 Å². The lowest BCUT2D eigenvalue weighted by molar-refractivity contribution is -0.148. The van der Waals surface area contributed by atoms with Crippen LogP contribution in [0.25, 0.3) is 0 Å². The Hall–Kier alpha value is -3.26. The number of halogens is 1. The lowest BCUT2D eigenvalue weighted by atomic mass is 10.0. The number of hydrogen-bond donors (Lipinski definition) is 0. The Morgan fingerprint density at radius 2 is 1.75 bits per heavy atom. The van der Waals surface area contributed by atoms with Crippen molar-refractivity contribution >= 4 is 17.5 Å². The third-order valence-corrected chi connectivity index (χ3v) is 5.84. The van der Waals surface area contributed by atoms with Crippen molar-refractivity contribution in [1.29, 1.82) is 0 Å². The Morgan fingerprint density at radius 3 is 2.47 bits per heavy atom. The van der Waals surface area contributed by atoms with Gasteiger partial charge in [0.25, 0.3) is 5.91 Å². The van der Waals surface area contributed by atoms with Crippen molar-refractivity contribution in [3.8, 4) is 0 Å². The normalized spacial score (nSPS) is 18.8. The summed E-state index contributed by atoms with van der Waals surface area (Å²) in [5, 5.41) is 3.96. The summed E-state index contributed by atoms with van der Waals surface area (Å²) in [5.41, 5.74) is 1.64. The summed E-state index contributed by atoms with van der Waals surface area (Å²) < 4.78 is 14.1. The number of oxime groups is 1. The summed E-state index contributed by atoms with van der Waals surface area (Å²) in [7, 11) is 2.03. The van der Waals surface area contributed by atoms with Crippen molar-refractivity contribution in [3.63, 3.8) is 0 Å². The molecule has 4 rings (SSSR count). The molecular weight excluding hydrogens is 411 g/mol. The van der Waals surface area contributed by atoms with Gasteiger partial charge in [-0.05, 0) is 18.7 Å². The molecule has 0 aromatic heterocycles. The van der Waals surface area contributed by atoms with Crippen LogP contribution in [0.5, 0.6) is 0 Å². The average molecular weight is 439 g/mol. The van der Waals surface area contributed by atoms with E-state index < -0.39 is 11.9 Å². The number of carbonyl (C=O) groups excluding carboxylic acids is 2. The summed E-state index contributed by atoms with van der Waals surface area (Å²) in [4.78, 5) is 37.2. The first-order chi connectivity index (χ1) is 15.5. The van der Waals surface area contributed by atoms with Gasteiger partial charge in [0.15, 0.2) is 0 Å². The fraction of sp³-hybridized carbons (Fsp3) is 0.375. The molecule has 1 saturated heterocycles. The first-order valence-corrected chi connectivity index (χ1v) is 10.8. The minimum atomic E-state index is -0.881. The van der Waals surface area contributed by atoms with Crippen molar-refractivity contribution in [2.75, 3.05) is 39.8 Å². The van der Waals surface area contributed by atoms with Crippen molar-refractivity contribution < 1.29 is 18.8 Å². The number of carbonyl (C=O) groups is 2. The molecule has 2 aliphatic rings. The second-order valence-electron chi connectivity index (χ2n) is 8.18. The van der Waals surface area contributed by atoms with Gasteiger partial charge in [-0.25, -0.2) is 4.39 Å². The maximum atomic E-state index is 14.1. The van der Waals surface area contributed by atoms with Gasteiger partial charge in [0.05, 0.1) is 5.71 Å². The van der Waals surface area contributed by atoms with Crippen LogP contribution >= 0.6 is 0 Å². The van der Waals surface area contributed by atoms with E-state index in [2.05, 4.69) is 10.1 Å². The van der Waals surface area contributed by atoms with E-state index in [0.717, 1.165) is 18.7 Å². The van der Waals surface area contributed by atoms with Gasteiger partial charge < -0.3 is 19.5 Å². The summed E-state index contributed by atoms with van der Waals surface area (Å²) in [5.74, 6) is -0.823. The van der Waals surface area contributed by atoms with E-state index in [1.165, 1.54) is 11.0 Å². The largest absolute Gasteiger partial charge is 0.382 e. The zero-order valence-electron chi connectivity index (χ0n) is 18.1. The summed E-state index contributed by atoms with van der Waals surface area (Å²) in [6, 6.07) is 15.8. The third-order valence-electron chi connectivity index (χ3n) is 5.84. The molecule has 2 heterocycles. The molecule has 7 nitrogen and oxygen atoms in total. The molecule has 0 saturated carbocycles. The van der Waals surface area contributed by atoms with Crippen LogP contribution in [-0.4, -0.2) is 78.1 Å². The Labute approximate surface area is 187 Å². The van der Waals surface area contributed by atoms with Crippen molar-refractivity contribution in [2.24, 2.45) is 5.16 Å². The highest BCUT2D eigenvalue weighted by Gasteiger charge is 2.34. The summed E-state index contributed by atoms with van der Waals surface area (Å²) in [6.07, 6.45) is -0.720. The fourth-order valence-corrected chi connectivity index (χ4v) is 3.90. The smallest absolute Gasteiger partial charge is 0.267 e. The van der Waals surface area contributed by atoms with Gasteiger partial charge in [-0.1, -0.05) is 53.7 Å². The van der Waals surface area contributed by atoms with E-state index in [1.54, 1.807) is 23.1 Å². The van der Waals surface area contributed by atoms with E-state index >= 15 is 0 Å². The topological polar surface area (TPSA) is 65.5 Å². The van der Waals surface area contributed by atoms with Gasteiger partial charge in [0.2, 0.25) is 12.0 Å².